The van der Waals surface area contributed by atoms with Crippen molar-refractivity contribution >= 4 is 11.7 Å². The van der Waals surface area contributed by atoms with E-state index < -0.39 is 5.97 Å². The molecule has 1 heterocycles. The minimum Gasteiger partial charge on any atom is -0.476 e. The van der Waals surface area contributed by atoms with Crippen LogP contribution in [0.2, 0.25) is 0 Å². The number of rotatable bonds is 4. The van der Waals surface area contributed by atoms with Gasteiger partial charge in [0.15, 0.2) is 5.69 Å². The molecule has 0 aliphatic heterocycles. The van der Waals surface area contributed by atoms with Crippen molar-refractivity contribution < 1.29 is 9.90 Å². The van der Waals surface area contributed by atoms with Crippen LogP contribution in [0.3, 0.4) is 0 Å². The third-order valence-electron chi connectivity index (χ3n) is 2.52. The van der Waals surface area contributed by atoms with Gasteiger partial charge in [0.05, 0.1) is 11.9 Å². The van der Waals surface area contributed by atoms with E-state index in [1.165, 1.54) is 18.1 Å². The summed E-state index contributed by atoms with van der Waals surface area (Å²) in [5.74, 6) is -1.07. The molecule has 2 aromatic rings. The third kappa shape index (κ3) is 2.82. The van der Waals surface area contributed by atoms with E-state index in [1.54, 1.807) is 0 Å². The van der Waals surface area contributed by atoms with E-state index in [1.807, 2.05) is 31.2 Å². The summed E-state index contributed by atoms with van der Waals surface area (Å²) in [6.07, 6.45) is 2.69. The standard InChI is InChI=1S/C13H13N3O2/c1-9-2-4-10(5-3-9)6-15-11-7-14-8-16-12(11)13(17)18/h2-5,7-8,15H,6H2,1H3,(H,17,18). The van der Waals surface area contributed by atoms with Gasteiger partial charge in [-0.25, -0.2) is 14.8 Å². The first-order valence-electron chi connectivity index (χ1n) is 5.49. The summed E-state index contributed by atoms with van der Waals surface area (Å²) >= 11 is 0. The molecule has 0 saturated heterocycles. The zero-order valence-electron chi connectivity index (χ0n) is 9.92. The summed E-state index contributed by atoms with van der Waals surface area (Å²) in [4.78, 5) is 18.5. The first-order chi connectivity index (χ1) is 8.66. The molecule has 92 valence electrons. The highest BCUT2D eigenvalue weighted by Crippen LogP contribution is 2.12. The third-order valence-corrected chi connectivity index (χ3v) is 2.52. The lowest BCUT2D eigenvalue weighted by Crippen LogP contribution is -2.08. The number of carbonyl (C=O) groups is 1. The largest absolute Gasteiger partial charge is 0.476 e. The van der Waals surface area contributed by atoms with Gasteiger partial charge >= 0.3 is 5.97 Å². The molecule has 0 amide bonds. The monoisotopic (exact) mass is 243 g/mol. The van der Waals surface area contributed by atoms with Crippen molar-refractivity contribution in [3.63, 3.8) is 0 Å². The molecule has 0 spiro atoms. The first-order valence-corrected chi connectivity index (χ1v) is 5.49. The van der Waals surface area contributed by atoms with E-state index in [9.17, 15) is 4.79 Å². The second-order valence-corrected chi connectivity index (χ2v) is 3.93. The van der Waals surface area contributed by atoms with Crippen LogP contribution < -0.4 is 5.32 Å². The molecular weight excluding hydrogens is 230 g/mol. The molecule has 0 radical (unpaired) electrons. The zero-order chi connectivity index (χ0) is 13.0. The molecule has 5 heteroatoms. The predicted molar refractivity (Wildman–Crippen MR) is 67.5 cm³/mol. The number of nitrogens with one attached hydrogen (secondary N) is 1. The number of carboxylic acids is 1. The number of anilines is 1. The Hall–Kier alpha value is -2.43. The maximum Gasteiger partial charge on any atom is 0.356 e. The van der Waals surface area contributed by atoms with Crippen molar-refractivity contribution in [2.24, 2.45) is 0 Å². The van der Waals surface area contributed by atoms with Crippen LogP contribution in [0.25, 0.3) is 0 Å². The highest BCUT2D eigenvalue weighted by Gasteiger charge is 2.10. The van der Waals surface area contributed by atoms with Crippen LogP contribution in [0.5, 0.6) is 0 Å². The Morgan fingerprint density at radius 2 is 2.06 bits per heavy atom. The number of aromatic nitrogens is 2. The number of hydrogen-bond acceptors (Lipinski definition) is 4. The number of benzene rings is 1. The van der Waals surface area contributed by atoms with Crippen LogP contribution >= 0.6 is 0 Å². The van der Waals surface area contributed by atoms with Gasteiger partial charge in [0.2, 0.25) is 0 Å². The molecule has 5 nitrogen and oxygen atoms in total. The molecule has 0 fully saturated rings. The number of aryl methyl sites for hydroxylation is 1. The molecule has 0 unspecified atom stereocenters. The average molecular weight is 243 g/mol. The van der Waals surface area contributed by atoms with Gasteiger partial charge in [-0.3, -0.25) is 0 Å². The second-order valence-electron chi connectivity index (χ2n) is 3.93. The van der Waals surface area contributed by atoms with Crippen molar-refractivity contribution in [2.45, 2.75) is 13.5 Å². The molecule has 2 rings (SSSR count). The fourth-order valence-electron chi connectivity index (χ4n) is 1.53. The topological polar surface area (TPSA) is 75.1 Å². The Balaban J connectivity index is 2.10. The Bertz CT molecular complexity index is 552. The van der Waals surface area contributed by atoms with Crippen LogP contribution in [0.4, 0.5) is 5.69 Å². The average Bonchev–Trinajstić information content (AvgIpc) is 2.38. The molecule has 2 N–H and O–H groups in total. The minimum absolute atomic E-state index is 0.0166. The van der Waals surface area contributed by atoms with Gasteiger partial charge in [0.1, 0.15) is 6.33 Å². The molecular formula is C13H13N3O2. The van der Waals surface area contributed by atoms with E-state index in [0.717, 1.165) is 5.56 Å². The van der Waals surface area contributed by atoms with Gasteiger partial charge in [-0.1, -0.05) is 29.8 Å². The smallest absolute Gasteiger partial charge is 0.356 e. The summed E-state index contributed by atoms with van der Waals surface area (Å²) in [5, 5.41) is 12.0. The van der Waals surface area contributed by atoms with Crippen molar-refractivity contribution in [1.29, 1.82) is 0 Å². The summed E-state index contributed by atoms with van der Waals surface area (Å²) in [6, 6.07) is 8.01. The Morgan fingerprint density at radius 1 is 1.33 bits per heavy atom. The summed E-state index contributed by atoms with van der Waals surface area (Å²) in [5.41, 5.74) is 2.66. The predicted octanol–water partition coefficient (Wildman–Crippen LogP) is 2.10. The fraction of sp³-hybridized carbons (Fsp3) is 0.154. The Kier molecular flexibility index (Phi) is 3.52. The first kappa shape index (κ1) is 12.0. The fourth-order valence-corrected chi connectivity index (χ4v) is 1.53. The number of hydrogen-bond donors (Lipinski definition) is 2. The lowest BCUT2D eigenvalue weighted by atomic mass is 10.1. The molecule has 0 aliphatic rings. The molecule has 1 aromatic carbocycles. The van der Waals surface area contributed by atoms with Crippen molar-refractivity contribution in [3.05, 3.63) is 53.6 Å². The van der Waals surface area contributed by atoms with Crippen LogP contribution in [-0.2, 0) is 6.54 Å². The summed E-state index contributed by atoms with van der Waals surface area (Å²) in [7, 11) is 0. The normalized spacial score (nSPS) is 10.1. The summed E-state index contributed by atoms with van der Waals surface area (Å²) in [6.45, 7) is 2.55. The number of nitrogens with zero attached hydrogens (tertiary/aromatic N) is 2. The maximum atomic E-state index is 10.9. The number of carboxylic acid groups (broad SMARTS) is 1. The maximum absolute atomic E-state index is 10.9. The van der Waals surface area contributed by atoms with Gasteiger partial charge in [-0.05, 0) is 12.5 Å². The van der Waals surface area contributed by atoms with E-state index in [-0.39, 0.29) is 5.69 Å². The zero-order valence-corrected chi connectivity index (χ0v) is 9.92. The quantitative estimate of drug-likeness (QED) is 0.860. The van der Waals surface area contributed by atoms with Crippen LogP contribution in [0.15, 0.2) is 36.8 Å². The van der Waals surface area contributed by atoms with Crippen molar-refractivity contribution in [2.75, 3.05) is 5.32 Å². The van der Waals surface area contributed by atoms with Gasteiger partial charge in [0, 0.05) is 6.54 Å². The molecule has 0 saturated carbocycles. The van der Waals surface area contributed by atoms with Gasteiger partial charge in [0.25, 0.3) is 0 Å². The molecule has 0 aliphatic carbocycles. The van der Waals surface area contributed by atoms with Gasteiger partial charge < -0.3 is 10.4 Å². The SMILES string of the molecule is Cc1ccc(CNc2cncnc2C(=O)O)cc1. The van der Waals surface area contributed by atoms with E-state index in [4.69, 9.17) is 5.11 Å². The van der Waals surface area contributed by atoms with Gasteiger partial charge in [-0.15, -0.1) is 0 Å². The van der Waals surface area contributed by atoms with Crippen LogP contribution in [0.1, 0.15) is 21.6 Å². The van der Waals surface area contributed by atoms with Gasteiger partial charge in [-0.2, -0.15) is 0 Å². The van der Waals surface area contributed by atoms with Crippen molar-refractivity contribution in [3.8, 4) is 0 Å². The molecule has 0 bridgehead atoms. The van der Waals surface area contributed by atoms with Crippen molar-refractivity contribution in [1.82, 2.24) is 9.97 Å². The highest BCUT2D eigenvalue weighted by atomic mass is 16.4. The summed E-state index contributed by atoms with van der Waals surface area (Å²) < 4.78 is 0. The molecule has 18 heavy (non-hydrogen) atoms. The van der Waals surface area contributed by atoms with E-state index >= 15 is 0 Å². The second kappa shape index (κ2) is 5.27. The lowest BCUT2D eigenvalue weighted by molar-refractivity contribution is 0.0691. The minimum atomic E-state index is -1.07. The Labute approximate surface area is 105 Å². The van der Waals surface area contributed by atoms with E-state index in [2.05, 4.69) is 15.3 Å². The highest BCUT2D eigenvalue weighted by molar-refractivity contribution is 5.91. The number of aromatic carboxylic acids is 1. The molecule has 1 aromatic heterocycles. The lowest BCUT2D eigenvalue weighted by Gasteiger charge is -2.08. The van der Waals surface area contributed by atoms with Crippen LogP contribution in [-0.4, -0.2) is 21.0 Å². The van der Waals surface area contributed by atoms with Crippen LogP contribution in [0, 0.1) is 6.92 Å². The van der Waals surface area contributed by atoms with E-state index in [0.29, 0.717) is 12.2 Å². The molecule has 0 atom stereocenters. The Morgan fingerprint density at radius 3 is 2.72 bits per heavy atom.